The van der Waals surface area contributed by atoms with Crippen LogP contribution in [0.1, 0.15) is 44.3 Å². The Kier molecular flexibility index (Phi) is 4.88. The van der Waals surface area contributed by atoms with Crippen molar-refractivity contribution in [1.29, 1.82) is 0 Å². The first-order valence-electron chi connectivity index (χ1n) is 7.28. The van der Waals surface area contributed by atoms with Gasteiger partial charge in [-0.2, -0.15) is 0 Å². The standard InChI is InChI=1S/C15H22N2O4/c1-17(11-12-6-5-9-21-12)14(20)16-15(10-13(18)19)7-3-2-4-8-15/h5-6,9H,2-4,7-8,10-11H2,1H3,(H,16,20)(H,18,19). The molecule has 1 saturated carbocycles. The van der Waals surface area contributed by atoms with Gasteiger partial charge in [-0.1, -0.05) is 19.3 Å². The van der Waals surface area contributed by atoms with E-state index in [0.29, 0.717) is 12.3 Å². The third kappa shape index (κ3) is 4.24. The number of carbonyl (C=O) groups excluding carboxylic acids is 1. The van der Waals surface area contributed by atoms with Gasteiger partial charge in [0.2, 0.25) is 0 Å². The van der Waals surface area contributed by atoms with Crippen LogP contribution in [0.3, 0.4) is 0 Å². The van der Waals surface area contributed by atoms with Gasteiger partial charge in [0, 0.05) is 7.05 Å². The third-order valence-electron chi connectivity index (χ3n) is 3.99. The van der Waals surface area contributed by atoms with E-state index in [-0.39, 0.29) is 12.5 Å². The third-order valence-corrected chi connectivity index (χ3v) is 3.99. The van der Waals surface area contributed by atoms with Crippen LogP contribution in [0.15, 0.2) is 22.8 Å². The fourth-order valence-electron chi connectivity index (χ4n) is 2.89. The number of carboxylic acids is 1. The molecule has 1 aliphatic rings. The number of rotatable bonds is 5. The molecule has 6 heteroatoms. The van der Waals surface area contributed by atoms with Gasteiger partial charge in [0.05, 0.1) is 24.8 Å². The monoisotopic (exact) mass is 294 g/mol. The molecule has 0 spiro atoms. The van der Waals surface area contributed by atoms with Crippen LogP contribution in [0.2, 0.25) is 0 Å². The van der Waals surface area contributed by atoms with Gasteiger partial charge in [-0.05, 0) is 25.0 Å². The number of aliphatic carboxylic acids is 1. The maximum atomic E-state index is 12.3. The predicted octanol–water partition coefficient (Wildman–Crippen LogP) is 2.60. The lowest BCUT2D eigenvalue weighted by Gasteiger charge is -2.38. The van der Waals surface area contributed by atoms with Crippen LogP contribution in [0.4, 0.5) is 4.79 Å². The molecule has 1 fully saturated rings. The van der Waals surface area contributed by atoms with Gasteiger partial charge in [0.15, 0.2) is 0 Å². The number of hydrogen-bond donors (Lipinski definition) is 2. The highest BCUT2D eigenvalue weighted by atomic mass is 16.4. The molecular formula is C15H22N2O4. The summed E-state index contributed by atoms with van der Waals surface area (Å²) in [6.45, 7) is 0.363. The summed E-state index contributed by atoms with van der Waals surface area (Å²) in [6, 6.07) is 3.32. The largest absolute Gasteiger partial charge is 0.481 e. The van der Waals surface area contributed by atoms with Gasteiger partial charge in [-0.25, -0.2) is 4.79 Å². The van der Waals surface area contributed by atoms with Gasteiger partial charge in [0.25, 0.3) is 0 Å². The summed E-state index contributed by atoms with van der Waals surface area (Å²) in [7, 11) is 1.68. The second-order valence-corrected chi connectivity index (χ2v) is 5.78. The smallest absolute Gasteiger partial charge is 0.317 e. The summed E-state index contributed by atoms with van der Waals surface area (Å²) >= 11 is 0. The number of amides is 2. The topological polar surface area (TPSA) is 82.8 Å². The van der Waals surface area contributed by atoms with Crippen LogP contribution in [0.25, 0.3) is 0 Å². The first-order chi connectivity index (χ1) is 10.0. The molecule has 0 radical (unpaired) electrons. The lowest BCUT2D eigenvalue weighted by atomic mass is 9.79. The van der Waals surface area contributed by atoms with Gasteiger partial charge >= 0.3 is 12.0 Å². The maximum absolute atomic E-state index is 12.3. The first-order valence-corrected chi connectivity index (χ1v) is 7.28. The zero-order chi connectivity index (χ0) is 15.3. The zero-order valence-corrected chi connectivity index (χ0v) is 12.3. The normalized spacial score (nSPS) is 17.2. The van der Waals surface area contributed by atoms with Gasteiger partial charge < -0.3 is 19.7 Å². The van der Waals surface area contributed by atoms with Crippen molar-refractivity contribution in [3.8, 4) is 0 Å². The number of urea groups is 1. The van der Waals surface area contributed by atoms with Crippen molar-refractivity contribution in [3.63, 3.8) is 0 Å². The molecule has 1 heterocycles. The lowest BCUT2D eigenvalue weighted by Crippen LogP contribution is -2.54. The fraction of sp³-hybridized carbons (Fsp3) is 0.600. The van der Waals surface area contributed by atoms with Gasteiger partial charge in [-0.15, -0.1) is 0 Å². The van der Waals surface area contributed by atoms with E-state index in [9.17, 15) is 9.59 Å². The molecule has 1 aromatic rings. The summed E-state index contributed by atoms with van der Waals surface area (Å²) in [5, 5.41) is 12.1. The SMILES string of the molecule is CN(Cc1ccco1)C(=O)NC1(CC(=O)O)CCCCC1. The Balaban J connectivity index is 1.98. The summed E-state index contributed by atoms with van der Waals surface area (Å²) < 4.78 is 5.22. The van der Waals surface area contributed by atoms with E-state index >= 15 is 0 Å². The van der Waals surface area contributed by atoms with Crippen LogP contribution >= 0.6 is 0 Å². The molecule has 0 bridgehead atoms. The Labute approximate surface area is 124 Å². The van der Waals surface area contributed by atoms with Gasteiger partial charge in [-0.3, -0.25) is 4.79 Å². The second-order valence-electron chi connectivity index (χ2n) is 5.78. The molecular weight excluding hydrogens is 272 g/mol. The molecule has 2 rings (SSSR count). The predicted molar refractivity (Wildman–Crippen MR) is 76.8 cm³/mol. The number of carbonyl (C=O) groups is 2. The summed E-state index contributed by atoms with van der Waals surface area (Å²) in [4.78, 5) is 24.9. The van der Waals surface area contributed by atoms with Crippen molar-refractivity contribution in [1.82, 2.24) is 10.2 Å². The van der Waals surface area contributed by atoms with E-state index in [0.717, 1.165) is 32.1 Å². The average molecular weight is 294 g/mol. The molecule has 2 amide bonds. The molecule has 1 aromatic heterocycles. The molecule has 116 valence electrons. The Morgan fingerprint density at radius 1 is 1.38 bits per heavy atom. The van der Waals surface area contributed by atoms with E-state index < -0.39 is 11.5 Å². The molecule has 0 aliphatic heterocycles. The molecule has 0 aromatic carbocycles. The Morgan fingerprint density at radius 3 is 2.67 bits per heavy atom. The fourth-order valence-corrected chi connectivity index (χ4v) is 2.89. The number of furan rings is 1. The van der Waals surface area contributed by atoms with Crippen molar-refractivity contribution in [2.45, 2.75) is 50.6 Å². The van der Waals surface area contributed by atoms with Crippen molar-refractivity contribution >= 4 is 12.0 Å². The highest BCUT2D eigenvalue weighted by molar-refractivity contribution is 5.76. The summed E-state index contributed by atoms with van der Waals surface area (Å²) in [5.74, 6) is -0.172. The number of carboxylic acid groups (broad SMARTS) is 1. The number of nitrogens with one attached hydrogen (secondary N) is 1. The van der Waals surface area contributed by atoms with Gasteiger partial charge in [0.1, 0.15) is 5.76 Å². The van der Waals surface area contributed by atoms with Crippen LogP contribution in [0, 0.1) is 0 Å². The second kappa shape index (κ2) is 6.65. The lowest BCUT2D eigenvalue weighted by molar-refractivity contribution is -0.139. The summed E-state index contributed by atoms with van der Waals surface area (Å²) in [5.41, 5.74) is -0.613. The molecule has 2 N–H and O–H groups in total. The molecule has 0 saturated heterocycles. The van der Waals surface area contributed by atoms with Crippen LogP contribution in [0.5, 0.6) is 0 Å². The molecule has 1 aliphatic carbocycles. The minimum atomic E-state index is -0.870. The zero-order valence-electron chi connectivity index (χ0n) is 12.3. The molecule has 21 heavy (non-hydrogen) atoms. The Morgan fingerprint density at radius 2 is 2.10 bits per heavy atom. The number of nitrogens with zero attached hydrogens (tertiary/aromatic N) is 1. The van der Waals surface area contributed by atoms with E-state index in [1.807, 2.05) is 0 Å². The Bertz CT molecular complexity index is 478. The highest BCUT2D eigenvalue weighted by Crippen LogP contribution is 2.31. The van der Waals surface area contributed by atoms with E-state index in [2.05, 4.69) is 5.32 Å². The van der Waals surface area contributed by atoms with Crippen molar-refractivity contribution < 1.29 is 19.1 Å². The maximum Gasteiger partial charge on any atom is 0.317 e. The number of hydrogen-bond acceptors (Lipinski definition) is 3. The van der Waals surface area contributed by atoms with Crippen LogP contribution in [-0.2, 0) is 11.3 Å². The van der Waals surface area contributed by atoms with Crippen LogP contribution in [-0.4, -0.2) is 34.6 Å². The molecule has 0 unspecified atom stereocenters. The highest BCUT2D eigenvalue weighted by Gasteiger charge is 2.36. The Hall–Kier alpha value is -1.98. The molecule has 0 atom stereocenters. The minimum absolute atomic E-state index is 0.0205. The average Bonchev–Trinajstić information content (AvgIpc) is 2.91. The quantitative estimate of drug-likeness (QED) is 0.874. The van der Waals surface area contributed by atoms with Crippen LogP contribution < -0.4 is 5.32 Å². The van der Waals surface area contributed by atoms with Crippen molar-refractivity contribution in [2.24, 2.45) is 0 Å². The van der Waals surface area contributed by atoms with Crippen molar-refractivity contribution in [2.75, 3.05) is 7.05 Å². The summed E-state index contributed by atoms with van der Waals surface area (Å²) in [6.07, 6.45) is 5.99. The van der Waals surface area contributed by atoms with Crippen molar-refractivity contribution in [3.05, 3.63) is 24.2 Å². The molecule has 6 nitrogen and oxygen atoms in total. The van der Waals surface area contributed by atoms with E-state index in [1.54, 1.807) is 25.4 Å². The minimum Gasteiger partial charge on any atom is -0.481 e. The van der Waals surface area contributed by atoms with E-state index in [1.165, 1.54) is 4.90 Å². The first kappa shape index (κ1) is 15.4. The van der Waals surface area contributed by atoms with E-state index in [4.69, 9.17) is 9.52 Å².